The fraction of sp³-hybridized carbons (Fsp3) is 1.00. The second kappa shape index (κ2) is 36.8. The van der Waals surface area contributed by atoms with Gasteiger partial charge >= 0.3 is 51.4 Å². The van der Waals surface area contributed by atoms with E-state index in [0.717, 1.165) is 13.2 Å². The summed E-state index contributed by atoms with van der Waals surface area (Å²) in [6.07, 6.45) is 40.1. The van der Waals surface area contributed by atoms with Crippen LogP contribution >= 0.6 is 0 Å². The van der Waals surface area contributed by atoms with E-state index in [2.05, 4.69) is 13.8 Å². The van der Waals surface area contributed by atoms with Gasteiger partial charge in [-0.25, -0.2) is 0 Å². The fourth-order valence-corrected chi connectivity index (χ4v) is 4.90. The maximum absolute atomic E-state index is 5.85. The van der Waals surface area contributed by atoms with Gasteiger partial charge in [0.25, 0.3) is 0 Å². The molecule has 0 aromatic rings. The molecule has 0 bridgehead atoms. The van der Waals surface area contributed by atoms with Gasteiger partial charge in [-0.1, -0.05) is 181 Å². The van der Waals surface area contributed by atoms with Crippen LogP contribution in [0.4, 0.5) is 0 Å². The Kier molecular flexibility index (Phi) is 40.8. The summed E-state index contributed by atoms with van der Waals surface area (Å²) in [5, 5.41) is 0. The van der Waals surface area contributed by atoms with Crippen molar-refractivity contribution in [2.45, 2.75) is 194 Å². The van der Waals surface area contributed by atoms with E-state index >= 15 is 0 Å². The molecular formula is C32H67KO. The molecule has 0 fully saturated rings. The summed E-state index contributed by atoms with van der Waals surface area (Å²) >= 11 is 0. The van der Waals surface area contributed by atoms with Gasteiger partial charge in [0.1, 0.15) is 0 Å². The fourth-order valence-electron chi connectivity index (χ4n) is 4.90. The van der Waals surface area contributed by atoms with Crippen LogP contribution in [0.15, 0.2) is 0 Å². The summed E-state index contributed by atoms with van der Waals surface area (Å²) in [7, 11) is 0. The molecule has 0 amide bonds. The van der Waals surface area contributed by atoms with Crippen molar-refractivity contribution < 1.29 is 4.74 Å². The summed E-state index contributed by atoms with van der Waals surface area (Å²) in [5.74, 6) is 0. The van der Waals surface area contributed by atoms with Gasteiger partial charge < -0.3 is 4.74 Å². The molecule has 1 nitrogen and oxygen atoms in total. The zero-order valence-corrected chi connectivity index (χ0v) is 23.6. The molecule has 0 aromatic heterocycles. The molecule has 0 unspecified atom stereocenters. The summed E-state index contributed by atoms with van der Waals surface area (Å²) in [6, 6.07) is 0. The molecule has 2 heteroatoms. The number of ether oxygens (including phenoxy) is 1. The van der Waals surface area contributed by atoms with E-state index in [-0.39, 0.29) is 51.4 Å². The molecule has 0 aliphatic heterocycles. The first-order valence-electron chi connectivity index (χ1n) is 16.0. The van der Waals surface area contributed by atoms with Crippen molar-refractivity contribution in [2.75, 3.05) is 13.2 Å². The molecule has 0 aliphatic carbocycles. The first-order chi connectivity index (χ1) is 16.4. The van der Waals surface area contributed by atoms with Gasteiger partial charge in [-0.05, 0) is 12.8 Å². The van der Waals surface area contributed by atoms with Crippen LogP contribution in [0.1, 0.15) is 194 Å². The van der Waals surface area contributed by atoms with Gasteiger partial charge in [0, 0.05) is 13.2 Å². The first kappa shape index (κ1) is 37.7. The van der Waals surface area contributed by atoms with E-state index < -0.39 is 0 Å². The zero-order valence-electron chi connectivity index (χ0n) is 23.6. The molecule has 202 valence electrons. The standard InChI is InChI=1S/C32H66O.K.H/c1-3-5-7-9-11-13-15-17-19-21-23-25-27-29-31-33-32-30-28-26-24-22-20-18-16-14-12-10-8-6-4-2;;/h3-32H2,1-2H3;;. The number of hydrogen-bond donors (Lipinski definition) is 0. The van der Waals surface area contributed by atoms with E-state index in [0.29, 0.717) is 0 Å². The Morgan fingerprint density at radius 2 is 0.441 bits per heavy atom. The summed E-state index contributed by atoms with van der Waals surface area (Å²) < 4.78 is 5.85. The average Bonchev–Trinajstić information content (AvgIpc) is 2.83. The minimum absolute atomic E-state index is 0. The van der Waals surface area contributed by atoms with Crippen LogP contribution < -0.4 is 0 Å². The molecule has 0 atom stereocenters. The molecule has 0 heterocycles. The predicted molar refractivity (Wildman–Crippen MR) is 159 cm³/mol. The van der Waals surface area contributed by atoms with Crippen LogP contribution in [0.3, 0.4) is 0 Å². The Hall–Kier alpha value is 1.60. The van der Waals surface area contributed by atoms with Crippen LogP contribution in [0.25, 0.3) is 0 Å². The van der Waals surface area contributed by atoms with E-state index in [1.54, 1.807) is 0 Å². The van der Waals surface area contributed by atoms with Crippen LogP contribution in [-0.4, -0.2) is 64.6 Å². The van der Waals surface area contributed by atoms with Gasteiger partial charge in [0.05, 0.1) is 0 Å². The van der Waals surface area contributed by atoms with Crippen LogP contribution in [0, 0.1) is 0 Å². The van der Waals surface area contributed by atoms with E-state index in [9.17, 15) is 0 Å². The molecule has 0 saturated heterocycles. The van der Waals surface area contributed by atoms with Crippen molar-refractivity contribution in [3.05, 3.63) is 0 Å². The monoisotopic (exact) mass is 506 g/mol. The summed E-state index contributed by atoms with van der Waals surface area (Å²) in [4.78, 5) is 0. The average molecular weight is 507 g/mol. The van der Waals surface area contributed by atoms with Crippen molar-refractivity contribution >= 4 is 51.4 Å². The second-order valence-corrected chi connectivity index (χ2v) is 10.8. The predicted octanol–water partition coefficient (Wildman–Crippen LogP) is 11.3. The number of hydrogen-bond acceptors (Lipinski definition) is 1. The Bertz CT molecular complexity index is 290. The second-order valence-electron chi connectivity index (χ2n) is 10.8. The molecule has 0 N–H and O–H groups in total. The van der Waals surface area contributed by atoms with E-state index in [1.807, 2.05) is 0 Å². The Morgan fingerprint density at radius 3 is 0.647 bits per heavy atom. The molecule has 0 spiro atoms. The summed E-state index contributed by atoms with van der Waals surface area (Å²) in [6.45, 7) is 6.59. The molecule has 0 saturated carbocycles. The van der Waals surface area contributed by atoms with Gasteiger partial charge in [-0.15, -0.1) is 0 Å². The van der Waals surface area contributed by atoms with Crippen molar-refractivity contribution in [3.8, 4) is 0 Å². The van der Waals surface area contributed by atoms with Crippen LogP contribution in [0.2, 0.25) is 0 Å². The van der Waals surface area contributed by atoms with Gasteiger partial charge in [-0.2, -0.15) is 0 Å². The van der Waals surface area contributed by atoms with Crippen molar-refractivity contribution in [1.82, 2.24) is 0 Å². The first-order valence-corrected chi connectivity index (χ1v) is 16.0. The van der Waals surface area contributed by atoms with Crippen LogP contribution in [0.5, 0.6) is 0 Å². The van der Waals surface area contributed by atoms with Crippen LogP contribution in [-0.2, 0) is 4.74 Å². The number of rotatable bonds is 30. The van der Waals surface area contributed by atoms with Gasteiger partial charge in [-0.3, -0.25) is 0 Å². The molecule has 0 aliphatic rings. The minimum atomic E-state index is 0. The van der Waals surface area contributed by atoms with Crippen molar-refractivity contribution in [2.24, 2.45) is 0 Å². The maximum atomic E-state index is 5.85. The van der Waals surface area contributed by atoms with Crippen molar-refractivity contribution in [3.63, 3.8) is 0 Å². The Morgan fingerprint density at radius 1 is 0.265 bits per heavy atom. The normalized spacial score (nSPS) is 11.1. The Labute approximate surface area is 260 Å². The molecule has 0 radical (unpaired) electrons. The van der Waals surface area contributed by atoms with Gasteiger partial charge in [0.15, 0.2) is 0 Å². The SMILES string of the molecule is CCCCCCCCCCCCCCCCOCCCCCCCCCCCCCCCC.[KH]. The number of unbranched alkanes of at least 4 members (excludes halogenated alkanes) is 26. The zero-order chi connectivity index (χ0) is 23.9. The molecule has 34 heavy (non-hydrogen) atoms. The molecule has 0 rings (SSSR count). The third-order valence-corrected chi connectivity index (χ3v) is 7.28. The topological polar surface area (TPSA) is 9.23 Å². The molecule has 0 aromatic carbocycles. The van der Waals surface area contributed by atoms with Gasteiger partial charge in [0.2, 0.25) is 0 Å². The third-order valence-electron chi connectivity index (χ3n) is 7.28. The Balaban J connectivity index is 0. The summed E-state index contributed by atoms with van der Waals surface area (Å²) in [5.41, 5.74) is 0. The third kappa shape index (κ3) is 35.8. The molecular weight excluding hydrogens is 439 g/mol. The quantitative estimate of drug-likeness (QED) is 0.0695. The van der Waals surface area contributed by atoms with E-state index in [1.165, 1.54) is 180 Å². The van der Waals surface area contributed by atoms with E-state index in [4.69, 9.17) is 4.74 Å². The van der Waals surface area contributed by atoms with Crippen molar-refractivity contribution in [1.29, 1.82) is 0 Å².